The first kappa shape index (κ1) is 20.5. The molecule has 3 rings (SSSR count). The molecule has 1 heterocycles. The van der Waals surface area contributed by atoms with E-state index in [4.69, 9.17) is 9.47 Å². The lowest BCUT2D eigenvalue weighted by Crippen LogP contribution is -2.17. The summed E-state index contributed by atoms with van der Waals surface area (Å²) in [7, 11) is 1.49. The van der Waals surface area contributed by atoms with E-state index in [9.17, 15) is 14.9 Å². The lowest BCUT2D eigenvalue weighted by Gasteiger charge is -2.13. The monoisotopic (exact) mass is 406 g/mol. The minimum atomic E-state index is -0.460. The third kappa shape index (κ3) is 4.96. The number of hydrogen-bond acceptors (Lipinski definition) is 7. The number of pyridine rings is 1. The molecular weight excluding hydrogens is 388 g/mol. The van der Waals surface area contributed by atoms with E-state index in [1.807, 2.05) is 0 Å². The fourth-order valence-corrected chi connectivity index (χ4v) is 2.64. The fraction of sp³-hybridized carbons (Fsp3) is 0.0952. The first-order valence-electron chi connectivity index (χ1n) is 8.85. The Morgan fingerprint density at radius 3 is 2.67 bits per heavy atom. The molecule has 0 unspecified atom stereocenters. The van der Waals surface area contributed by atoms with Gasteiger partial charge in [-0.15, -0.1) is 0 Å². The quantitative estimate of drug-likeness (QED) is 0.348. The van der Waals surface area contributed by atoms with Gasteiger partial charge in [-0.3, -0.25) is 19.9 Å². The van der Waals surface area contributed by atoms with E-state index < -0.39 is 4.92 Å². The number of benzene rings is 2. The van der Waals surface area contributed by atoms with Gasteiger partial charge in [-0.25, -0.2) is 5.43 Å². The Kier molecular flexibility index (Phi) is 6.67. The maximum Gasteiger partial charge on any atom is 0.276 e. The molecule has 0 radical (unpaired) electrons. The number of amides is 1. The molecule has 2 aromatic carbocycles. The predicted molar refractivity (Wildman–Crippen MR) is 110 cm³/mol. The molecule has 1 N–H and O–H groups in total. The van der Waals surface area contributed by atoms with Crippen LogP contribution < -0.4 is 14.9 Å². The summed E-state index contributed by atoms with van der Waals surface area (Å²) in [6.45, 7) is -0.0399. The highest BCUT2D eigenvalue weighted by Crippen LogP contribution is 2.31. The van der Waals surface area contributed by atoms with Crippen molar-refractivity contribution in [3.05, 3.63) is 93.8 Å². The number of methoxy groups -OCH3 is 1. The summed E-state index contributed by atoms with van der Waals surface area (Å²) >= 11 is 0. The molecule has 0 aliphatic carbocycles. The molecule has 0 saturated heterocycles. The number of hydrazone groups is 1. The van der Waals surface area contributed by atoms with Crippen LogP contribution in [-0.2, 0) is 6.61 Å². The second-order valence-electron chi connectivity index (χ2n) is 5.99. The van der Waals surface area contributed by atoms with Crippen molar-refractivity contribution in [1.29, 1.82) is 0 Å². The van der Waals surface area contributed by atoms with Crippen molar-refractivity contribution in [3.63, 3.8) is 0 Å². The molecule has 1 amide bonds. The molecule has 3 aromatic rings. The van der Waals surface area contributed by atoms with E-state index >= 15 is 0 Å². The molecule has 9 heteroatoms. The second kappa shape index (κ2) is 9.78. The van der Waals surface area contributed by atoms with Gasteiger partial charge in [-0.2, -0.15) is 5.10 Å². The minimum absolute atomic E-state index is 0.0350. The van der Waals surface area contributed by atoms with Crippen LogP contribution in [0, 0.1) is 10.1 Å². The van der Waals surface area contributed by atoms with Gasteiger partial charge in [0.2, 0.25) is 0 Å². The number of nitro groups is 1. The van der Waals surface area contributed by atoms with Crippen LogP contribution in [0.15, 0.2) is 72.1 Å². The van der Waals surface area contributed by atoms with Crippen molar-refractivity contribution in [2.24, 2.45) is 5.10 Å². The minimum Gasteiger partial charge on any atom is -0.493 e. The lowest BCUT2D eigenvalue weighted by molar-refractivity contribution is -0.385. The summed E-state index contributed by atoms with van der Waals surface area (Å²) < 4.78 is 11.2. The van der Waals surface area contributed by atoms with Gasteiger partial charge in [0.05, 0.1) is 23.8 Å². The fourth-order valence-electron chi connectivity index (χ4n) is 2.64. The van der Waals surface area contributed by atoms with Crippen LogP contribution in [0.25, 0.3) is 0 Å². The van der Waals surface area contributed by atoms with Crippen molar-refractivity contribution < 1.29 is 19.2 Å². The first-order valence-corrected chi connectivity index (χ1v) is 8.85. The predicted octanol–water partition coefficient (Wildman–Crippen LogP) is 3.34. The zero-order valence-corrected chi connectivity index (χ0v) is 16.0. The zero-order valence-electron chi connectivity index (χ0n) is 16.0. The number of ether oxygens (including phenoxy) is 2. The van der Waals surface area contributed by atoms with Crippen molar-refractivity contribution in [3.8, 4) is 11.5 Å². The molecule has 0 aliphatic heterocycles. The zero-order chi connectivity index (χ0) is 21.3. The van der Waals surface area contributed by atoms with E-state index in [0.29, 0.717) is 28.2 Å². The molecule has 0 fully saturated rings. The number of hydrogen-bond donors (Lipinski definition) is 1. The Morgan fingerprint density at radius 1 is 1.17 bits per heavy atom. The van der Waals surface area contributed by atoms with Gasteiger partial charge in [-0.1, -0.05) is 18.2 Å². The van der Waals surface area contributed by atoms with Crippen LogP contribution in [-0.4, -0.2) is 29.1 Å². The van der Waals surface area contributed by atoms with E-state index in [-0.39, 0.29) is 18.2 Å². The average Bonchev–Trinajstić information content (AvgIpc) is 2.78. The number of rotatable bonds is 8. The Labute approximate surface area is 172 Å². The smallest absolute Gasteiger partial charge is 0.276 e. The average molecular weight is 406 g/mol. The molecule has 0 saturated carbocycles. The number of nitro benzene ring substituents is 1. The highest BCUT2D eigenvalue weighted by atomic mass is 16.6. The van der Waals surface area contributed by atoms with E-state index in [1.165, 1.54) is 31.8 Å². The van der Waals surface area contributed by atoms with Crippen molar-refractivity contribution in [2.75, 3.05) is 7.11 Å². The molecule has 0 atom stereocenters. The van der Waals surface area contributed by atoms with Gasteiger partial charge in [0.15, 0.2) is 11.5 Å². The van der Waals surface area contributed by atoms with Crippen LogP contribution in [0.5, 0.6) is 11.5 Å². The van der Waals surface area contributed by atoms with Crippen LogP contribution in [0.1, 0.15) is 21.5 Å². The van der Waals surface area contributed by atoms with Crippen molar-refractivity contribution in [2.45, 2.75) is 6.61 Å². The third-order valence-electron chi connectivity index (χ3n) is 4.10. The molecule has 0 aliphatic rings. The normalized spacial score (nSPS) is 10.6. The Morgan fingerprint density at radius 2 is 1.93 bits per heavy atom. The number of nitrogens with one attached hydrogen (secondary N) is 1. The summed E-state index contributed by atoms with van der Waals surface area (Å²) in [5, 5.41) is 15.2. The van der Waals surface area contributed by atoms with Gasteiger partial charge in [0, 0.05) is 29.6 Å². The van der Waals surface area contributed by atoms with E-state index in [1.54, 1.807) is 48.5 Å². The summed E-state index contributed by atoms with van der Waals surface area (Å²) in [6.07, 6.45) is 4.43. The van der Waals surface area contributed by atoms with Gasteiger partial charge in [0.25, 0.3) is 11.6 Å². The first-order chi connectivity index (χ1) is 14.6. The van der Waals surface area contributed by atoms with Crippen LogP contribution in [0.2, 0.25) is 0 Å². The van der Waals surface area contributed by atoms with Gasteiger partial charge < -0.3 is 9.47 Å². The molecular formula is C21H18N4O5. The lowest BCUT2D eigenvalue weighted by atomic mass is 10.2. The number of carbonyl (C=O) groups excluding carboxylic acids is 1. The number of aromatic nitrogens is 1. The third-order valence-corrected chi connectivity index (χ3v) is 4.10. The molecule has 152 valence electrons. The topological polar surface area (TPSA) is 116 Å². The Bertz CT molecular complexity index is 1070. The van der Waals surface area contributed by atoms with E-state index in [2.05, 4.69) is 15.5 Å². The summed E-state index contributed by atoms with van der Waals surface area (Å²) in [5.41, 5.74) is 3.76. The summed E-state index contributed by atoms with van der Waals surface area (Å²) in [6, 6.07) is 14.6. The van der Waals surface area contributed by atoms with Gasteiger partial charge >= 0.3 is 0 Å². The van der Waals surface area contributed by atoms with Gasteiger partial charge in [0.1, 0.15) is 6.61 Å². The Hall–Kier alpha value is -4.27. The molecule has 0 bridgehead atoms. The van der Waals surface area contributed by atoms with Gasteiger partial charge in [-0.05, 0) is 30.3 Å². The van der Waals surface area contributed by atoms with Crippen LogP contribution >= 0.6 is 0 Å². The second-order valence-corrected chi connectivity index (χ2v) is 5.99. The van der Waals surface area contributed by atoms with Crippen molar-refractivity contribution >= 4 is 17.8 Å². The van der Waals surface area contributed by atoms with Crippen LogP contribution in [0.3, 0.4) is 0 Å². The maximum atomic E-state index is 12.1. The van der Waals surface area contributed by atoms with Crippen LogP contribution in [0.4, 0.5) is 5.69 Å². The molecule has 30 heavy (non-hydrogen) atoms. The Balaban J connectivity index is 1.78. The SMILES string of the molecule is COc1cccc(/C=N/NC(=O)c2ccncc2)c1OCc1ccccc1[N+](=O)[O-]. The molecule has 0 spiro atoms. The molecule has 1 aromatic heterocycles. The van der Waals surface area contributed by atoms with E-state index in [0.717, 1.165) is 0 Å². The summed E-state index contributed by atoms with van der Waals surface area (Å²) in [5.74, 6) is 0.386. The molecule has 9 nitrogen and oxygen atoms in total. The number of nitrogens with zero attached hydrogens (tertiary/aromatic N) is 3. The van der Waals surface area contributed by atoms with Crippen molar-refractivity contribution in [1.82, 2.24) is 10.4 Å². The highest BCUT2D eigenvalue weighted by molar-refractivity contribution is 5.95. The largest absolute Gasteiger partial charge is 0.493 e. The number of para-hydroxylation sites is 2. The summed E-state index contributed by atoms with van der Waals surface area (Å²) in [4.78, 5) is 26.7. The highest BCUT2D eigenvalue weighted by Gasteiger charge is 2.15. The standard InChI is InChI=1S/C21H18N4O5/c1-29-19-8-4-6-16(13-23-24-21(26)15-9-11-22-12-10-15)20(19)30-14-17-5-2-3-7-18(17)25(27)28/h2-13H,14H2,1H3,(H,24,26)/b23-13+. The maximum absolute atomic E-state index is 12.1. The number of carbonyl (C=O) groups is 1.